The summed E-state index contributed by atoms with van der Waals surface area (Å²) in [5.74, 6) is 0.0879. The van der Waals surface area contributed by atoms with Crippen LogP contribution in [0.2, 0.25) is 0 Å². The van der Waals surface area contributed by atoms with Gasteiger partial charge in [0, 0.05) is 32.6 Å². The lowest BCUT2D eigenvalue weighted by Crippen LogP contribution is -2.49. The van der Waals surface area contributed by atoms with Gasteiger partial charge in [-0.1, -0.05) is 36.4 Å². The van der Waals surface area contributed by atoms with Gasteiger partial charge >= 0.3 is 0 Å². The van der Waals surface area contributed by atoms with Crippen molar-refractivity contribution in [2.45, 2.75) is 12.5 Å². The van der Waals surface area contributed by atoms with Crippen LogP contribution in [0, 0.1) is 11.6 Å². The average Bonchev–Trinajstić information content (AvgIpc) is 3.36. The topological polar surface area (TPSA) is 48.4 Å². The first kappa shape index (κ1) is 23.9. The maximum absolute atomic E-state index is 14.2. The molecule has 2 aliphatic rings. The van der Waals surface area contributed by atoms with Gasteiger partial charge in [0.15, 0.2) is 0 Å². The fourth-order valence-corrected chi connectivity index (χ4v) is 4.76. The average molecular weight is 491 g/mol. The maximum atomic E-state index is 14.2. The summed E-state index contributed by atoms with van der Waals surface area (Å²) in [7, 11) is 1.61. The Bertz CT molecular complexity index is 1240. The second-order valence-electron chi connectivity index (χ2n) is 9.00. The molecule has 1 atom stereocenters. The largest absolute Gasteiger partial charge is 0.497 e. The molecule has 5 rings (SSSR count). The summed E-state index contributed by atoms with van der Waals surface area (Å²) in [4.78, 5) is 17.6. The highest BCUT2D eigenvalue weighted by molar-refractivity contribution is 6.03. The van der Waals surface area contributed by atoms with Gasteiger partial charge < -0.3 is 9.64 Å². The SMILES string of the molecule is COc1ccc(C2CC(c3ccc(F)cc3)=NN2C(=O)CN2CCN(c3ccccc3F)CC2)cc1. The van der Waals surface area contributed by atoms with Crippen molar-refractivity contribution in [2.75, 3.05) is 44.7 Å². The smallest absolute Gasteiger partial charge is 0.257 e. The fourth-order valence-electron chi connectivity index (χ4n) is 4.76. The van der Waals surface area contributed by atoms with E-state index in [1.54, 1.807) is 36.4 Å². The normalized spacial score (nSPS) is 18.3. The molecule has 0 radical (unpaired) electrons. The number of anilines is 1. The third-order valence-corrected chi connectivity index (χ3v) is 6.77. The molecule has 8 heteroatoms. The molecule has 6 nitrogen and oxygen atoms in total. The monoisotopic (exact) mass is 490 g/mol. The number of amides is 1. The summed E-state index contributed by atoms with van der Waals surface area (Å²) in [5.41, 5.74) is 3.09. The number of nitrogens with zero attached hydrogens (tertiary/aromatic N) is 4. The Hall–Kier alpha value is -3.78. The van der Waals surface area contributed by atoms with Gasteiger partial charge in [0.25, 0.3) is 5.91 Å². The van der Waals surface area contributed by atoms with E-state index in [4.69, 9.17) is 4.74 Å². The molecular formula is C28H28F2N4O2. The van der Waals surface area contributed by atoms with Crippen LogP contribution in [0.3, 0.4) is 0 Å². The summed E-state index contributed by atoms with van der Waals surface area (Å²) < 4.78 is 32.9. The van der Waals surface area contributed by atoms with Crippen molar-refractivity contribution >= 4 is 17.3 Å². The quantitative estimate of drug-likeness (QED) is 0.512. The first-order valence-corrected chi connectivity index (χ1v) is 12.0. The summed E-state index contributed by atoms with van der Waals surface area (Å²) in [5, 5.41) is 6.25. The van der Waals surface area contributed by atoms with E-state index in [0.717, 1.165) is 22.6 Å². The van der Waals surface area contributed by atoms with Crippen LogP contribution in [-0.2, 0) is 4.79 Å². The van der Waals surface area contributed by atoms with Crippen molar-refractivity contribution < 1.29 is 18.3 Å². The van der Waals surface area contributed by atoms with E-state index >= 15 is 0 Å². The molecule has 2 aliphatic heterocycles. The Kier molecular flexibility index (Phi) is 6.95. The summed E-state index contributed by atoms with van der Waals surface area (Å²) >= 11 is 0. The third kappa shape index (κ3) is 5.09. The molecule has 1 amide bonds. The molecule has 3 aromatic rings. The zero-order valence-electron chi connectivity index (χ0n) is 20.1. The number of piperazine rings is 1. The summed E-state index contributed by atoms with van der Waals surface area (Å²) in [6, 6.07) is 20.3. The van der Waals surface area contributed by atoms with Crippen molar-refractivity contribution in [3.8, 4) is 5.75 Å². The first-order chi connectivity index (χ1) is 17.5. The second kappa shape index (κ2) is 10.5. The van der Waals surface area contributed by atoms with Crippen LogP contribution in [0.25, 0.3) is 0 Å². The lowest BCUT2D eigenvalue weighted by Gasteiger charge is -2.36. The van der Waals surface area contributed by atoms with Crippen molar-refractivity contribution in [3.63, 3.8) is 0 Å². The number of carbonyl (C=O) groups is 1. The Morgan fingerprint density at radius 2 is 1.64 bits per heavy atom. The van der Waals surface area contributed by atoms with Crippen LogP contribution in [-0.4, -0.2) is 61.4 Å². The van der Waals surface area contributed by atoms with E-state index in [0.29, 0.717) is 38.3 Å². The Morgan fingerprint density at radius 3 is 2.31 bits per heavy atom. The van der Waals surface area contributed by atoms with E-state index in [2.05, 4.69) is 10.0 Å². The highest BCUT2D eigenvalue weighted by Crippen LogP contribution is 2.34. The van der Waals surface area contributed by atoms with Crippen molar-refractivity contribution in [3.05, 3.63) is 95.6 Å². The van der Waals surface area contributed by atoms with Gasteiger partial charge in [0.05, 0.1) is 31.1 Å². The number of carbonyl (C=O) groups excluding carboxylic acids is 1. The highest BCUT2D eigenvalue weighted by atomic mass is 19.1. The lowest BCUT2D eigenvalue weighted by molar-refractivity contribution is -0.134. The Balaban J connectivity index is 1.31. The minimum atomic E-state index is -0.313. The minimum Gasteiger partial charge on any atom is -0.497 e. The molecule has 0 aromatic heterocycles. The van der Waals surface area contributed by atoms with Crippen molar-refractivity contribution in [1.82, 2.24) is 9.91 Å². The predicted octanol–water partition coefficient (Wildman–Crippen LogP) is 4.47. The molecule has 36 heavy (non-hydrogen) atoms. The molecule has 1 fully saturated rings. The zero-order valence-corrected chi connectivity index (χ0v) is 20.1. The molecular weight excluding hydrogens is 462 g/mol. The molecule has 1 unspecified atom stereocenters. The van der Waals surface area contributed by atoms with E-state index in [9.17, 15) is 13.6 Å². The highest BCUT2D eigenvalue weighted by Gasteiger charge is 2.34. The van der Waals surface area contributed by atoms with Gasteiger partial charge in [-0.3, -0.25) is 9.69 Å². The molecule has 0 saturated carbocycles. The second-order valence-corrected chi connectivity index (χ2v) is 9.00. The third-order valence-electron chi connectivity index (χ3n) is 6.77. The van der Waals surface area contributed by atoms with E-state index < -0.39 is 0 Å². The molecule has 0 aliphatic carbocycles. The van der Waals surface area contributed by atoms with E-state index in [1.807, 2.05) is 35.2 Å². The number of rotatable bonds is 6. The maximum Gasteiger partial charge on any atom is 0.257 e. The number of para-hydroxylation sites is 1. The van der Waals surface area contributed by atoms with Crippen LogP contribution in [0.1, 0.15) is 23.6 Å². The van der Waals surface area contributed by atoms with Gasteiger partial charge in [0.2, 0.25) is 0 Å². The van der Waals surface area contributed by atoms with Crippen LogP contribution in [0.4, 0.5) is 14.5 Å². The van der Waals surface area contributed by atoms with Gasteiger partial charge in [0.1, 0.15) is 17.4 Å². The summed E-state index contributed by atoms with van der Waals surface area (Å²) in [6.07, 6.45) is 0.533. The fraction of sp³-hybridized carbons (Fsp3) is 0.286. The number of halogens is 2. The van der Waals surface area contributed by atoms with Gasteiger partial charge in [-0.25, -0.2) is 13.8 Å². The molecule has 186 valence electrons. The van der Waals surface area contributed by atoms with Crippen molar-refractivity contribution in [2.24, 2.45) is 5.10 Å². The van der Waals surface area contributed by atoms with Crippen molar-refractivity contribution in [1.29, 1.82) is 0 Å². The molecule has 1 saturated heterocycles. The molecule has 0 bridgehead atoms. The molecule has 0 spiro atoms. The first-order valence-electron chi connectivity index (χ1n) is 12.0. The number of hydrogen-bond acceptors (Lipinski definition) is 5. The van der Waals surface area contributed by atoms with Crippen LogP contribution in [0.5, 0.6) is 5.75 Å². The molecule has 3 aromatic carbocycles. The van der Waals surface area contributed by atoms with Crippen LogP contribution >= 0.6 is 0 Å². The number of ether oxygens (including phenoxy) is 1. The predicted molar refractivity (Wildman–Crippen MR) is 135 cm³/mol. The zero-order chi connectivity index (χ0) is 25.1. The standard InChI is InChI=1S/C28H28F2N4O2/c1-36-23-12-8-21(9-13-23)27-18-25(20-6-10-22(29)11-7-20)31-34(27)28(35)19-32-14-16-33(17-15-32)26-5-3-2-4-24(26)30/h2-13,27H,14-19H2,1H3. The molecule has 2 heterocycles. The molecule has 0 N–H and O–H groups in total. The summed E-state index contributed by atoms with van der Waals surface area (Å²) in [6.45, 7) is 2.80. The van der Waals surface area contributed by atoms with Crippen LogP contribution in [0.15, 0.2) is 77.9 Å². The Morgan fingerprint density at radius 1 is 0.944 bits per heavy atom. The van der Waals surface area contributed by atoms with E-state index in [-0.39, 0.29) is 30.1 Å². The van der Waals surface area contributed by atoms with Gasteiger partial charge in [-0.05, 0) is 47.5 Å². The number of hydrazone groups is 1. The number of hydrogen-bond donors (Lipinski definition) is 0. The lowest BCUT2D eigenvalue weighted by atomic mass is 9.98. The van der Waals surface area contributed by atoms with E-state index in [1.165, 1.54) is 18.2 Å². The van der Waals surface area contributed by atoms with Gasteiger partial charge in [-0.15, -0.1) is 0 Å². The Labute approximate surface area is 209 Å². The number of methoxy groups -OCH3 is 1. The van der Waals surface area contributed by atoms with Gasteiger partial charge in [-0.2, -0.15) is 5.10 Å². The minimum absolute atomic E-state index is 0.104. The number of benzene rings is 3. The van der Waals surface area contributed by atoms with Crippen LogP contribution < -0.4 is 9.64 Å².